The number of carbonyl (C=O) groups excluding carboxylic acids is 1. The lowest BCUT2D eigenvalue weighted by Gasteiger charge is -2.30. The van der Waals surface area contributed by atoms with Gasteiger partial charge in [-0.25, -0.2) is 14.8 Å². The average Bonchev–Trinajstić information content (AvgIpc) is 2.85. The first-order chi connectivity index (χ1) is 16.9. The summed E-state index contributed by atoms with van der Waals surface area (Å²) in [7, 11) is 0. The SMILES string of the molecule is Cc1cnc(Nc2ccc(C3CCN(C(=O)O)CC3)cc2)nc1CCc1ccccc1CC(N)=O. The Morgan fingerprint density at radius 1 is 1.06 bits per heavy atom. The number of nitrogens with zero attached hydrogens (tertiary/aromatic N) is 3. The molecule has 3 aromatic rings. The Hall–Kier alpha value is -3.94. The molecule has 0 saturated carbocycles. The summed E-state index contributed by atoms with van der Waals surface area (Å²) in [6.07, 6.45) is 4.39. The van der Waals surface area contributed by atoms with Crippen molar-refractivity contribution in [2.45, 2.75) is 44.9 Å². The fraction of sp³-hybridized carbons (Fsp3) is 0.333. The monoisotopic (exact) mass is 473 g/mol. The maximum Gasteiger partial charge on any atom is 0.407 e. The van der Waals surface area contributed by atoms with Gasteiger partial charge in [-0.2, -0.15) is 0 Å². The van der Waals surface area contributed by atoms with Gasteiger partial charge in [0.1, 0.15) is 0 Å². The van der Waals surface area contributed by atoms with Gasteiger partial charge in [0, 0.05) is 30.7 Å². The van der Waals surface area contributed by atoms with Gasteiger partial charge in [-0.05, 0) is 72.9 Å². The van der Waals surface area contributed by atoms with Gasteiger partial charge in [0.2, 0.25) is 11.9 Å². The van der Waals surface area contributed by atoms with Crippen LogP contribution in [0.15, 0.2) is 54.7 Å². The Balaban J connectivity index is 1.39. The number of anilines is 2. The summed E-state index contributed by atoms with van der Waals surface area (Å²) in [4.78, 5) is 33.2. The minimum Gasteiger partial charge on any atom is -0.465 e. The first kappa shape index (κ1) is 24.2. The molecule has 1 aromatic heterocycles. The van der Waals surface area contributed by atoms with Gasteiger partial charge in [0.05, 0.1) is 6.42 Å². The highest BCUT2D eigenvalue weighted by molar-refractivity contribution is 5.77. The number of primary amides is 1. The molecule has 4 N–H and O–H groups in total. The molecule has 1 aliphatic rings. The summed E-state index contributed by atoms with van der Waals surface area (Å²) >= 11 is 0. The van der Waals surface area contributed by atoms with Crippen LogP contribution in [0.4, 0.5) is 16.4 Å². The number of carbonyl (C=O) groups is 2. The van der Waals surface area contributed by atoms with Crippen LogP contribution in [0.5, 0.6) is 0 Å². The quantitative estimate of drug-likeness (QED) is 0.451. The topological polar surface area (TPSA) is 121 Å². The predicted molar refractivity (Wildman–Crippen MR) is 135 cm³/mol. The molecule has 0 spiro atoms. The summed E-state index contributed by atoms with van der Waals surface area (Å²) in [5, 5.41) is 12.4. The van der Waals surface area contributed by atoms with Gasteiger partial charge in [0.25, 0.3) is 0 Å². The summed E-state index contributed by atoms with van der Waals surface area (Å²) in [6, 6.07) is 16.1. The van der Waals surface area contributed by atoms with E-state index in [1.807, 2.05) is 49.5 Å². The van der Waals surface area contributed by atoms with Crippen LogP contribution in [0.1, 0.15) is 46.7 Å². The molecule has 0 bridgehead atoms. The van der Waals surface area contributed by atoms with Crippen LogP contribution in [0.3, 0.4) is 0 Å². The molecule has 0 unspecified atom stereocenters. The second-order valence-electron chi connectivity index (χ2n) is 9.03. The van der Waals surface area contributed by atoms with Gasteiger partial charge >= 0.3 is 6.09 Å². The van der Waals surface area contributed by atoms with Crippen molar-refractivity contribution < 1.29 is 14.7 Å². The van der Waals surface area contributed by atoms with Crippen molar-refractivity contribution >= 4 is 23.6 Å². The summed E-state index contributed by atoms with van der Waals surface area (Å²) in [5.74, 6) is 0.580. The molecule has 2 heterocycles. The first-order valence-electron chi connectivity index (χ1n) is 11.9. The first-order valence-corrected chi connectivity index (χ1v) is 11.9. The average molecular weight is 474 g/mol. The number of rotatable bonds is 8. The number of piperidine rings is 1. The molecule has 0 atom stereocenters. The second kappa shape index (κ2) is 11.0. The van der Waals surface area contributed by atoms with Crippen LogP contribution in [-0.4, -0.2) is 45.1 Å². The third kappa shape index (κ3) is 6.35. The fourth-order valence-electron chi connectivity index (χ4n) is 4.58. The molecule has 0 radical (unpaired) electrons. The van der Waals surface area contributed by atoms with Crippen molar-refractivity contribution in [1.29, 1.82) is 0 Å². The normalized spacial score (nSPS) is 14.0. The Morgan fingerprint density at radius 2 is 1.74 bits per heavy atom. The van der Waals surface area contributed by atoms with Crippen molar-refractivity contribution in [3.8, 4) is 0 Å². The van der Waals surface area contributed by atoms with E-state index in [-0.39, 0.29) is 12.3 Å². The van der Waals surface area contributed by atoms with Gasteiger partial charge in [-0.15, -0.1) is 0 Å². The number of aromatic nitrogens is 2. The molecule has 1 fully saturated rings. The Kier molecular flexibility index (Phi) is 7.60. The number of aryl methyl sites for hydroxylation is 3. The molecule has 35 heavy (non-hydrogen) atoms. The van der Waals surface area contributed by atoms with E-state index < -0.39 is 6.09 Å². The zero-order chi connectivity index (χ0) is 24.8. The molecule has 4 rings (SSSR count). The van der Waals surface area contributed by atoms with Crippen molar-refractivity contribution in [2.24, 2.45) is 5.73 Å². The van der Waals surface area contributed by atoms with Gasteiger partial charge < -0.3 is 21.1 Å². The van der Waals surface area contributed by atoms with Crippen molar-refractivity contribution in [3.63, 3.8) is 0 Å². The second-order valence-corrected chi connectivity index (χ2v) is 9.03. The lowest BCUT2D eigenvalue weighted by Crippen LogP contribution is -2.36. The van der Waals surface area contributed by atoms with E-state index in [2.05, 4.69) is 22.4 Å². The summed E-state index contributed by atoms with van der Waals surface area (Å²) in [6.45, 7) is 3.15. The molecule has 2 amide bonds. The van der Waals surface area contributed by atoms with E-state index >= 15 is 0 Å². The lowest BCUT2D eigenvalue weighted by molar-refractivity contribution is -0.117. The molecule has 182 valence electrons. The zero-order valence-electron chi connectivity index (χ0n) is 19.9. The highest BCUT2D eigenvalue weighted by Crippen LogP contribution is 2.29. The van der Waals surface area contributed by atoms with Crippen molar-refractivity contribution in [3.05, 3.63) is 82.7 Å². The standard InChI is InChI=1S/C27H31N5O3/c1-18-17-29-26(31-24(18)11-8-19-4-2-3-5-22(19)16-25(28)33)30-23-9-6-20(7-10-23)21-12-14-32(15-13-21)27(34)35/h2-7,9-10,17,21H,8,11-16H2,1H3,(H2,28,33)(H,34,35)(H,29,30,31). The fourth-order valence-corrected chi connectivity index (χ4v) is 4.58. The highest BCUT2D eigenvalue weighted by atomic mass is 16.4. The number of amides is 2. The van der Waals surface area contributed by atoms with Crippen LogP contribution in [0, 0.1) is 6.92 Å². The Labute approximate surface area is 205 Å². The number of hydrogen-bond donors (Lipinski definition) is 3. The number of nitrogens with two attached hydrogens (primary N) is 1. The third-order valence-corrected chi connectivity index (χ3v) is 6.59. The highest BCUT2D eigenvalue weighted by Gasteiger charge is 2.23. The van der Waals surface area contributed by atoms with E-state index in [9.17, 15) is 9.59 Å². The summed E-state index contributed by atoms with van der Waals surface area (Å²) in [5.41, 5.74) is 11.6. The maximum absolute atomic E-state index is 11.4. The van der Waals surface area contributed by atoms with Crippen LogP contribution >= 0.6 is 0 Å². The van der Waals surface area contributed by atoms with Crippen molar-refractivity contribution in [2.75, 3.05) is 18.4 Å². The molecular weight excluding hydrogens is 442 g/mol. The van der Waals surface area contributed by atoms with Crippen LogP contribution in [0.2, 0.25) is 0 Å². The molecular formula is C27H31N5O3. The number of likely N-dealkylation sites (tertiary alicyclic amines) is 1. The predicted octanol–water partition coefficient (Wildman–Crippen LogP) is 4.20. The molecule has 1 aliphatic heterocycles. The molecule has 8 nitrogen and oxygen atoms in total. The van der Waals surface area contributed by atoms with E-state index in [0.717, 1.165) is 53.8 Å². The zero-order valence-corrected chi connectivity index (χ0v) is 19.9. The van der Waals surface area contributed by atoms with Gasteiger partial charge in [-0.3, -0.25) is 4.79 Å². The number of nitrogens with one attached hydrogen (secondary N) is 1. The third-order valence-electron chi connectivity index (χ3n) is 6.59. The minimum atomic E-state index is -0.838. The minimum absolute atomic E-state index is 0.237. The number of benzene rings is 2. The Morgan fingerprint density at radius 3 is 2.40 bits per heavy atom. The number of carboxylic acid groups (broad SMARTS) is 1. The molecule has 0 aliphatic carbocycles. The lowest BCUT2D eigenvalue weighted by atomic mass is 9.89. The van der Waals surface area contributed by atoms with Crippen LogP contribution in [-0.2, 0) is 24.1 Å². The Bertz CT molecular complexity index is 1190. The van der Waals surface area contributed by atoms with Crippen molar-refractivity contribution in [1.82, 2.24) is 14.9 Å². The van der Waals surface area contributed by atoms with Gasteiger partial charge in [0.15, 0.2) is 0 Å². The molecule has 1 saturated heterocycles. The molecule has 8 heteroatoms. The van der Waals surface area contributed by atoms with Gasteiger partial charge in [-0.1, -0.05) is 36.4 Å². The number of hydrogen-bond acceptors (Lipinski definition) is 5. The van der Waals surface area contributed by atoms with Crippen LogP contribution < -0.4 is 11.1 Å². The van der Waals surface area contributed by atoms with E-state index in [0.29, 0.717) is 25.0 Å². The van der Waals surface area contributed by atoms with Crippen LogP contribution in [0.25, 0.3) is 0 Å². The van der Waals surface area contributed by atoms with E-state index in [1.54, 1.807) is 0 Å². The molecule has 2 aromatic carbocycles. The largest absolute Gasteiger partial charge is 0.465 e. The maximum atomic E-state index is 11.4. The smallest absolute Gasteiger partial charge is 0.407 e. The van der Waals surface area contributed by atoms with E-state index in [1.165, 1.54) is 10.5 Å². The van der Waals surface area contributed by atoms with E-state index in [4.69, 9.17) is 15.8 Å². The summed E-state index contributed by atoms with van der Waals surface area (Å²) < 4.78 is 0.